The zero-order valence-electron chi connectivity index (χ0n) is 17.6. The highest BCUT2D eigenvalue weighted by Crippen LogP contribution is 2.33. The van der Waals surface area contributed by atoms with Gasteiger partial charge in [-0.3, -0.25) is 9.10 Å². The van der Waals surface area contributed by atoms with Gasteiger partial charge in [0.05, 0.1) is 22.9 Å². The molecule has 0 atom stereocenters. The number of halogens is 1. The Hall–Kier alpha value is -3.04. The van der Waals surface area contributed by atoms with E-state index < -0.39 is 28.3 Å². The van der Waals surface area contributed by atoms with Crippen LogP contribution in [0.1, 0.15) is 6.92 Å². The van der Waals surface area contributed by atoms with Gasteiger partial charge in [-0.05, 0) is 61.7 Å². The number of hydrogen-bond donors (Lipinski definition) is 1. The molecule has 0 radical (unpaired) electrons. The molecule has 0 aromatic heterocycles. The number of benzene rings is 3. The van der Waals surface area contributed by atoms with E-state index in [1.807, 2.05) is 6.26 Å². The van der Waals surface area contributed by atoms with Crippen molar-refractivity contribution in [2.75, 3.05) is 29.0 Å². The van der Waals surface area contributed by atoms with Crippen LogP contribution >= 0.6 is 11.8 Å². The van der Waals surface area contributed by atoms with E-state index in [2.05, 4.69) is 5.32 Å². The number of thioether (sulfide) groups is 1. The molecule has 1 amide bonds. The van der Waals surface area contributed by atoms with Crippen molar-refractivity contribution in [3.63, 3.8) is 0 Å². The van der Waals surface area contributed by atoms with Crippen molar-refractivity contribution in [2.45, 2.75) is 16.7 Å². The number of anilines is 2. The summed E-state index contributed by atoms with van der Waals surface area (Å²) in [6.45, 7) is 1.53. The Kier molecular flexibility index (Phi) is 7.76. The Labute approximate surface area is 191 Å². The second-order valence-electron chi connectivity index (χ2n) is 6.62. The Morgan fingerprint density at radius 3 is 2.34 bits per heavy atom. The summed E-state index contributed by atoms with van der Waals surface area (Å²) in [7, 11) is -4.13. The monoisotopic (exact) mass is 474 g/mol. The number of sulfonamides is 1. The fourth-order valence-corrected chi connectivity index (χ4v) is 4.84. The van der Waals surface area contributed by atoms with Crippen molar-refractivity contribution < 1.29 is 22.3 Å². The maximum Gasteiger partial charge on any atom is 0.264 e. The third kappa shape index (κ3) is 5.41. The molecule has 9 heteroatoms. The number of ether oxygens (including phenoxy) is 1. The van der Waals surface area contributed by atoms with Crippen LogP contribution in [-0.4, -0.2) is 33.7 Å². The number of carbonyl (C=O) groups excluding carboxylic acids is 1. The van der Waals surface area contributed by atoms with Crippen molar-refractivity contribution in [1.29, 1.82) is 0 Å². The number of nitrogens with zero attached hydrogens (tertiary/aromatic N) is 1. The van der Waals surface area contributed by atoms with Crippen LogP contribution in [0.2, 0.25) is 0 Å². The fraction of sp³-hybridized carbons (Fsp3) is 0.174. The Morgan fingerprint density at radius 2 is 1.69 bits per heavy atom. The van der Waals surface area contributed by atoms with E-state index in [4.69, 9.17) is 4.74 Å². The van der Waals surface area contributed by atoms with Crippen molar-refractivity contribution in [1.82, 2.24) is 0 Å². The lowest BCUT2D eigenvalue weighted by atomic mass is 10.3. The lowest BCUT2D eigenvalue weighted by Gasteiger charge is -2.26. The second kappa shape index (κ2) is 10.5. The molecule has 0 fully saturated rings. The average Bonchev–Trinajstić information content (AvgIpc) is 2.80. The predicted octanol–water partition coefficient (Wildman–Crippen LogP) is 4.78. The van der Waals surface area contributed by atoms with Crippen molar-refractivity contribution in [3.8, 4) is 5.75 Å². The van der Waals surface area contributed by atoms with Gasteiger partial charge in [0.2, 0.25) is 5.91 Å². The predicted molar refractivity (Wildman–Crippen MR) is 125 cm³/mol. The van der Waals surface area contributed by atoms with E-state index >= 15 is 0 Å². The molecule has 0 saturated heterocycles. The first kappa shape index (κ1) is 23.6. The van der Waals surface area contributed by atoms with Crippen LogP contribution in [0, 0.1) is 5.82 Å². The van der Waals surface area contributed by atoms with E-state index in [0.29, 0.717) is 12.4 Å². The van der Waals surface area contributed by atoms with Gasteiger partial charge in [0.25, 0.3) is 10.0 Å². The summed E-state index contributed by atoms with van der Waals surface area (Å²) < 4.78 is 47.7. The van der Waals surface area contributed by atoms with Crippen molar-refractivity contribution in [2.24, 2.45) is 0 Å². The minimum absolute atomic E-state index is 0.0280. The van der Waals surface area contributed by atoms with Gasteiger partial charge in [-0.25, -0.2) is 12.8 Å². The van der Waals surface area contributed by atoms with Gasteiger partial charge in [0.15, 0.2) is 0 Å². The molecule has 0 saturated carbocycles. The maximum absolute atomic E-state index is 14.0. The smallest absolute Gasteiger partial charge is 0.264 e. The zero-order valence-corrected chi connectivity index (χ0v) is 19.3. The number of nitrogens with one attached hydrogen (secondary N) is 1. The molecule has 0 spiro atoms. The van der Waals surface area contributed by atoms with Gasteiger partial charge in [-0.1, -0.05) is 24.3 Å². The van der Waals surface area contributed by atoms with Crippen molar-refractivity contribution in [3.05, 3.63) is 78.6 Å². The van der Waals surface area contributed by atoms with E-state index in [1.54, 1.807) is 49.4 Å². The summed E-state index contributed by atoms with van der Waals surface area (Å²) >= 11 is 1.49. The number of hydrogen-bond acceptors (Lipinski definition) is 5. The summed E-state index contributed by atoms with van der Waals surface area (Å²) in [5.74, 6) is -0.985. The van der Waals surface area contributed by atoms with E-state index in [0.717, 1.165) is 9.20 Å². The molecule has 0 aliphatic rings. The first-order chi connectivity index (χ1) is 15.4. The molecule has 168 valence electrons. The van der Waals surface area contributed by atoms with E-state index in [1.165, 1.54) is 42.1 Å². The second-order valence-corrected chi connectivity index (χ2v) is 9.36. The normalized spacial score (nSPS) is 11.1. The number of amides is 1. The number of carbonyl (C=O) groups is 1. The number of rotatable bonds is 9. The molecule has 6 nitrogen and oxygen atoms in total. The molecule has 0 unspecified atom stereocenters. The summed E-state index contributed by atoms with van der Waals surface area (Å²) in [6.07, 6.45) is 1.89. The molecule has 0 heterocycles. The fourth-order valence-electron chi connectivity index (χ4n) is 3.00. The average molecular weight is 475 g/mol. The number of para-hydroxylation sites is 3. The first-order valence-corrected chi connectivity index (χ1v) is 12.5. The van der Waals surface area contributed by atoms with Gasteiger partial charge in [0.1, 0.15) is 18.1 Å². The molecule has 3 aromatic carbocycles. The first-order valence-electron chi connectivity index (χ1n) is 9.79. The van der Waals surface area contributed by atoms with Crippen LogP contribution in [0.25, 0.3) is 0 Å². The van der Waals surface area contributed by atoms with Gasteiger partial charge in [0, 0.05) is 4.90 Å². The molecule has 0 aliphatic heterocycles. The topological polar surface area (TPSA) is 75.7 Å². The molecule has 3 rings (SSSR count). The quantitative estimate of drug-likeness (QED) is 0.452. The molecular weight excluding hydrogens is 451 g/mol. The minimum Gasteiger partial charge on any atom is -0.492 e. The molecular formula is C23H23FN2O4S2. The Bertz CT molecular complexity index is 1180. The highest BCUT2D eigenvalue weighted by atomic mass is 32.2. The zero-order chi connectivity index (χ0) is 23.1. The van der Waals surface area contributed by atoms with Gasteiger partial charge in [-0.2, -0.15) is 0 Å². The Morgan fingerprint density at radius 1 is 1.03 bits per heavy atom. The van der Waals surface area contributed by atoms with Gasteiger partial charge >= 0.3 is 0 Å². The molecule has 0 bridgehead atoms. The van der Waals surface area contributed by atoms with Crippen LogP contribution in [0.4, 0.5) is 15.8 Å². The lowest BCUT2D eigenvalue weighted by molar-refractivity contribution is -0.114. The van der Waals surface area contributed by atoms with E-state index in [-0.39, 0.29) is 16.3 Å². The molecule has 1 N–H and O–H groups in total. The largest absolute Gasteiger partial charge is 0.492 e. The summed E-state index contributed by atoms with van der Waals surface area (Å²) in [4.78, 5) is 13.7. The van der Waals surface area contributed by atoms with Crippen LogP contribution in [0.15, 0.2) is 82.6 Å². The molecule has 0 aliphatic carbocycles. The van der Waals surface area contributed by atoms with E-state index in [9.17, 15) is 17.6 Å². The third-order valence-electron chi connectivity index (χ3n) is 4.52. The summed E-state index contributed by atoms with van der Waals surface area (Å²) in [5, 5.41) is 2.44. The summed E-state index contributed by atoms with van der Waals surface area (Å²) in [5.41, 5.74) is 0.184. The standard InChI is InChI=1S/C23H23FN2O4S2/c1-3-30-22-11-7-6-10-21(22)26(16-23(27)25-20-9-5-4-8-19(20)24)32(28,29)18-14-12-17(31-2)13-15-18/h4-15H,3,16H2,1-2H3,(H,25,27). The molecule has 32 heavy (non-hydrogen) atoms. The Balaban J connectivity index is 2.01. The van der Waals surface area contributed by atoms with Crippen LogP contribution < -0.4 is 14.4 Å². The SMILES string of the molecule is CCOc1ccccc1N(CC(=O)Nc1ccccc1F)S(=O)(=O)c1ccc(SC)cc1. The third-order valence-corrected chi connectivity index (χ3v) is 7.03. The lowest BCUT2D eigenvalue weighted by Crippen LogP contribution is -2.38. The van der Waals surface area contributed by atoms with Crippen LogP contribution in [0.5, 0.6) is 5.75 Å². The minimum atomic E-state index is -4.13. The molecule has 3 aromatic rings. The highest BCUT2D eigenvalue weighted by Gasteiger charge is 2.29. The summed E-state index contributed by atoms with van der Waals surface area (Å²) in [6, 6.07) is 18.6. The van der Waals surface area contributed by atoms with Gasteiger partial charge in [-0.15, -0.1) is 11.8 Å². The highest BCUT2D eigenvalue weighted by molar-refractivity contribution is 7.98. The van der Waals surface area contributed by atoms with Crippen LogP contribution in [0.3, 0.4) is 0 Å². The van der Waals surface area contributed by atoms with Crippen LogP contribution in [-0.2, 0) is 14.8 Å². The van der Waals surface area contributed by atoms with Gasteiger partial charge < -0.3 is 10.1 Å². The maximum atomic E-state index is 14.0. The van der Waals surface area contributed by atoms with Crippen molar-refractivity contribution >= 4 is 39.1 Å².